The number of nitrogens with zero attached hydrogens (tertiary/aromatic N) is 3. The summed E-state index contributed by atoms with van der Waals surface area (Å²) in [5.74, 6) is 0.113. The number of hydrogen-bond donors (Lipinski definition) is 0. The van der Waals surface area contributed by atoms with Crippen molar-refractivity contribution in [3.8, 4) is 11.1 Å². The minimum atomic E-state index is 0.113. The molecular weight excluding hydrogens is 334 g/mol. The average Bonchev–Trinajstić information content (AvgIpc) is 3.07. The lowest BCUT2D eigenvalue weighted by Crippen LogP contribution is -2.21. The lowest BCUT2D eigenvalue weighted by Gasteiger charge is -2.30. The summed E-state index contributed by atoms with van der Waals surface area (Å²) >= 11 is 0. The van der Waals surface area contributed by atoms with Gasteiger partial charge in [-0.05, 0) is 48.2 Å². The Hall–Kier alpha value is -3.14. The van der Waals surface area contributed by atoms with Gasteiger partial charge in [0.2, 0.25) is 0 Å². The van der Waals surface area contributed by atoms with E-state index in [1.54, 1.807) is 6.92 Å². The molecule has 4 heteroatoms. The van der Waals surface area contributed by atoms with Gasteiger partial charge in [-0.1, -0.05) is 35.9 Å². The summed E-state index contributed by atoms with van der Waals surface area (Å²) in [6.45, 7) is 4.49. The molecule has 0 saturated carbocycles. The molecule has 1 aliphatic heterocycles. The van der Waals surface area contributed by atoms with Gasteiger partial charge in [0.1, 0.15) is 0 Å². The molecule has 27 heavy (non-hydrogen) atoms. The standard InChI is InChI=1S/C23H23N3O/c1-15-9-19-13-25(3)23(11-22(19)21(10-15)16(2)27)18-7-5-17(6-8-18)20-12-24-26(4)14-20/h5-12,14H,13H2,1-4H3. The molecule has 1 aromatic heterocycles. The topological polar surface area (TPSA) is 38.1 Å². The zero-order valence-corrected chi connectivity index (χ0v) is 16.2. The van der Waals surface area contributed by atoms with Crippen LogP contribution in [0.15, 0.2) is 48.8 Å². The van der Waals surface area contributed by atoms with Crippen LogP contribution in [0, 0.1) is 6.92 Å². The van der Waals surface area contributed by atoms with Crippen molar-refractivity contribution in [2.24, 2.45) is 7.05 Å². The Labute approximate surface area is 159 Å². The first-order valence-corrected chi connectivity index (χ1v) is 9.09. The van der Waals surface area contributed by atoms with Crippen molar-refractivity contribution >= 4 is 17.6 Å². The predicted octanol–water partition coefficient (Wildman–Crippen LogP) is 4.54. The summed E-state index contributed by atoms with van der Waals surface area (Å²) in [4.78, 5) is 14.4. The molecule has 0 bridgehead atoms. The van der Waals surface area contributed by atoms with Gasteiger partial charge in [-0.25, -0.2) is 0 Å². The third-order valence-electron chi connectivity index (χ3n) is 5.11. The van der Waals surface area contributed by atoms with Crippen molar-refractivity contribution in [3.63, 3.8) is 0 Å². The van der Waals surface area contributed by atoms with Crippen LogP contribution in [0.25, 0.3) is 22.9 Å². The molecule has 0 atom stereocenters. The van der Waals surface area contributed by atoms with E-state index in [2.05, 4.69) is 53.5 Å². The van der Waals surface area contributed by atoms with Crippen LogP contribution in [0.5, 0.6) is 0 Å². The molecule has 0 amide bonds. The summed E-state index contributed by atoms with van der Waals surface area (Å²) in [7, 11) is 4.02. The minimum Gasteiger partial charge on any atom is -0.370 e. The van der Waals surface area contributed by atoms with Crippen molar-refractivity contribution in [2.45, 2.75) is 20.4 Å². The van der Waals surface area contributed by atoms with Gasteiger partial charge in [-0.3, -0.25) is 9.48 Å². The van der Waals surface area contributed by atoms with Crippen LogP contribution in [0.1, 0.15) is 39.5 Å². The molecule has 3 aromatic rings. The lowest BCUT2D eigenvalue weighted by atomic mass is 9.91. The maximum atomic E-state index is 12.1. The van der Waals surface area contributed by atoms with E-state index in [-0.39, 0.29) is 5.78 Å². The maximum absolute atomic E-state index is 12.1. The van der Waals surface area contributed by atoms with Gasteiger partial charge in [0.05, 0.1) is 6.20 Å². The summed E-state index contributed by atoms with van der Waals surface area (Å²) in [6, 6.07) is 12.7. The molecular formula is C23H23N3O. The van der Waals surface area contributed by atoms with E-state index in [0.29, 0.717) is 0 Å². The molecule has 0 unspecified atom stereocenters. The van der Waals surface area contributed by atoms with Gasteiger partial charge in [0.25, 0.3) is 0 Å². The number of Topliss-reactive ketones (excluding diaryl/α,β-unsaturated/α-hetero) is 1. The van der Waals surface area contributed by atoms with Crippen LogP contribution in [-0.2, 0) is 13.6 Å². The van der Waals surface area contributed by atoms with Gasteiger partial charge >= 0.3 is 0 Å². The Morgan fingerprint density at radius 2 is 1.74 bits per heavy atom. The van der Waals surface area contributed by atoms with Gasteiger partial charge < -0.3 is 4.90 Å². The van der Waals surface area contributed by atoms with Crippen LogP contribution in [0.3, 0.4) is 0 Å². The first kappa shape index (κ1) is 17.3. The monoisotopic (exact) mass is 357 g/mol. The third kappa shape index (κ3) is 3.19. The molecule has 0 saturated heterocycles. The van der Waals surface area contributed by atoms with Crippen LogP contribution < -0.4 is 0 Å². The van der Waals surface area contributed by atoms with E-state index >= 15 is 0 Å². The number of carbonyl (C=O) groups excluding carboxylic acids is 1. The largest absolute Gasteiger partial charge is 0.370 e. The van der Waals surface area contributed by atoms with E-state index in [0.717, 1.165) is 45.6 Å². The first-order valence-electron chi connectivity index (χ1n) is 9.09. The number of aromatic nitrogens is 2. The number of rotatable bonds is 3. The fraction of sp³-hybridized carbons (Fsp3) is 0.217. The van der Waals surface area contributed by atoms with Crippen molar-refractivity contribution in [3.05, 3.63) is 76.6 Å². The predicted molar refractivity (Wildman–Crippen MR) is 109 cm³/mol. The van der Waals surface area contributed by atoms with Gasteiger partial charge in [-0.15, -0.1) is 0 Å². The van der Waals surface area contributed by atoms with E-state index in [4.69, 9.17) is 0 Å². The normalized spacial score (nSPS) is 13.3. The lowest BCUT2D eigenvalue weighted by molar-refractivity contribution is 0.101. The highest BCUT2D eigenvalue weighted by molar-refractivity contribution is 6.00. The molecule has 0 N–H and O–H groups in total. The van der Waals surface area contributed by atoms with Crippen molar-refractivity contribution in [2.75, 3.05) is 7.05 Å². The van der Waals surface area contributed by atoms with E-state index in [9.17, 15) is 4.79 Å². The Kier molecular flexibility index (Phi) is 4.19. The number of aryl methyl sites for hydroxylation is 2. The van der Waals surface area contributed by atoms with Crippen molar-refractivity contribution < 1.29 is 4.79 Å². The summed E-state index contributed by atoms with van der Waals surface area (Å²) < 4.78 is 1.81. The zero-order chi connectivity index (χ0) is 19.1. The van der Waals surface area contributed by atoms with Gasteiger partial charge in [0, 0.05) is 43.7 Å². The summed E-state index contributed by atoms with van der Waals surface area (Å²) in [5.41, 5.74) is 8.72. The molecule has 136 valence electrons. The Morgan fingerprint density at radius 3 is 2.37 bits per heavy atom. The Morgan fingerprint density at radius 1 is 1.04 bits per heavy atom. The molecule has 0 radical (unpaired) electrons. The van der Waals surface area contributed by atoms with Crippen molar-refractivity contribution in [1.29, 1.82) is 0 Å². The van der Waals surface area contributed by atoms with Crippen LogP contribution >= 0.6 is 0 Å². The van der Waals surface area contributed by atoms with Crippen LogP contribution in [-0.4, -0.2) is 27.5 Å². The minimum absolute atomic E-state index is 0.113. The molecule has 1 aliphatic rings. The Bertz CT molecular complexity index is 1060. The molecule has 4 rings (SSSR count). The second-order valence-corrected chi connectivity index (χ2v) is 7.31. The fourth-order valence-corrected chi connectivity index (χ4v) is 3.76. The zero-order valence-electron chi connectivity index (χ0n) is 16.2. The SMILES string of the molecule is CC(=O)c1cc(C)cc2c1C=C(c1ccc(-c3cnn(C)c3)cc1)N(C)C2. The van der Waals surface area contributed by atoms with E-state index in [1.807, 2.05) is 37.1 Å². The second kappa shape index (κ2) is 6.54. The highest BCUT2D eigenvalue weighted by Crippen LogP contribution is 2.33. The summed E-state index contributed by atoms with van der Waals surface area (Å²) in [6.07, 6.45) is 6.03. The summed E-state index contributed by atoms with van der Waals surface area (Å²) in [5, 5.41) is 4.24. The van der Waals surface area contributed by atoms with E-state index < -0.39 is 0 Å². The smallest absolute Gasteiger partial charge is 0.160 e. The highest BCUT2D eigenvalue weighted by atomic mass is 16.1. The quantitative estimate of drug-likeness (QED) is 0.646. The molecule has 0 fully saturated rings. The molecule has 0 aliphatic carbocycles. The van der Waals surface area contributed by atoms with Crippen LogP contribution in [0.2, 0.25) is 0 Å². The number of fused-ring (bicyclic) bond motifs is 1. The Balaban J connectivity index is 1.76. The number of benzene rings is 2. The molecule has 0 spiro atoms. The van der Waals surface area contributed by atoms with Gasteiger partial charge in [-0.2, -0.15) is 5.10 Å². The highest BCUT2D eigenvalue weighted by Gasteiger charge is 2.20. The van der Waals surface area contributed by atoms with Crippen molar-refractivity contribution in [1.82, 2.24) is 14.7 Å². The number of ketones is 1. The molecule has 4 nitrogen and oxygen atoms in total. The molecule has 2 heterocycles. The first-order chi connectivity index (χ1) is 12.9. The van der Waals surface area contributed by atoms with Gasteiger partial charge in [0.15, 0.2) is 5.78 Å². The third-order valence-corrected chi connectivity index (χ3v) is 5.11. The number of carbonyl (C=O) groups is 1. The van der Waals surface area contributed by atoms with E-state index in [1.165, 1.54) is 5.56 Å². The second-order valence-electron chi connectivity index (χ2n) is 7.31. The number of hydrogen-bond acceptors (Lipinski definition) is 3. The fourth-order valence-electron chi connectivity index (χ4n) is 3.76. The van der Waals surface area contributed by atoms with Crippen LogP contribution in [0.4, 0.5) is 0 Å². The molecule has 2 aromatic carbocycles. The maximum Gasteiger partial charge on any atom is 0.160 e. The average molecular weight is 357 g/mol.